The summed E-state index contributed by atoms with van der Waals surface area (Å²) in [6, 6.07) is 0.542. The summed E-state index contributed by atoms with van der Waals surface area (Å²) < 4.78 is 0. The number of nitrogens with one attached hydrogen (secondary N) is 1. The number of carboxylic acid groups (broad SMARTS) is 1. The Morgan fingerprint density at radius 2 is 1.83 bits per heavy atom. The molecule has 18 heavy (non-hydrogen) atoms. The second-order valence-electron chi connectivity index (χ2n) is 5.71. The van der Waals surface area contributed by atoms with E-state index in [4.69, 9.17) is 5.11 Å². The zero-order valence-electron chi connectivity index (χ0n) is 10.9. The van der Waals surface area contributed by atoms with Crippen molar-refractivity contribution in [3.05, 3.63) is 0 Å². The van der Waals surface area contributed by atoms with E-state index in [0.717, 1.165) is 0 Å². The second-order valence-corrected chi connectivity index (χ2v) is 5.71. The van der Waals surface area contributed by atoms with E-state index in [-0.39, 0.29) is 0 Å². The third kappa shape index (κ3) is 3.59. The molecule has 0 atom stereocenters. The standard InChI is InChI=1S/C13H24N2O3/c16-12(17)15-8-6-13(18,7-9-15)10-14-11-4-2-1-3-5-11/h11,14,18H,1-10H2,(H,16,17). The number of carbonyl (C=O) groups is 1. The summed E-state index contributed by atoms with van der Waals surface area (Å²) in [5.74, 6) is 0. The molecule has 0 unspecified atom stereocenters. The van der Waals surface area contributed by atoms with Crippen LogP contribution in [0, 0.1) is 0 Å². The molecule has 2 rings (SSSR count). The molecule has 2 aliphatic rings. The predicted octanol–water partition coefficient (Wildman–Crippen LogP) is 1.41. The Morgan fingerprint density at radius 3 is 2.39 bits per heavy atom. The third-order valence-corrected chi connectivity index (χ3v) is 4.29. The number of amides is 1. The molecule has 5 nitrogen and oxygen atoms in total. The van der Waals surface area contributed by atoms with Crippen LogP contribution >= 0.6 is 0 Å². The van der Waals surface area contributed by atoms with Gasteiger partial charge in [0.2, 0.25) is 0 Å². The molecule has 104 valence electrons. The maximum absolute atomic E-state index is 10.8. The molecule has 1 saturated heterocycles. The van der Waals surface area contributed by atoms with Crippen LogP contribution in [0.3, 0.4) is 0 Å². The first-order valence-electron chi connectivity index (χ1n) is 7.03. The molecule has 2 fully saturated rings. The Hall–Kier alpha value is -0.810. The highest BCUT2D eigenvalue weighted by atomic mass is 16.4. The molecule has 0 aromatic heterocycles. The van der Waals surface area contributed by atoms with Crippen molar-refractivity contribution in [2.75, 3.05) is 19.6 Å². The zero-order valence-corrected chi connectivity index (χ0v) is 10.9. The number of piperidine rings is 1. The summed E-state index contributed by atoms with van der Waals surface area (Å²) in [6.45, 7) is 1.49. The van der Waals surface area contributed by atoms with Gasteiger partial charge in [-0.1, -0.05) is 19.3 Å². The van der Waals surface area contributed by atoms with Gasteiger partial charge in [-0.15, -0.1) is 0 Å². The quantitative estimate of drug-likeness (QED) is 0.714. The van der Waals surface area contributed by atoms with Crippen LogP contribution in [0.4, 0.5) is 4.79 Å². The molecule has 0 aromatic carbocycles. The van der Waals surface area contributed by atoms with Crippen molar-refractivity contribution in [1.82, 2.24) is 10.2 Å². The minimum atomic E-state index is -0.878. The molecule has 0 spiro atoms. The van der Waals surface area contributed by atoms with Crippen LogP contribution in [0.2, 0.25) is 0 Å². The normalized spacial score (nSPS) is 25.1. The van der Waals surface area contributed by atoms with Gasteiger partial charge in [-0.25, -0.2) is 4.79 Å². The molecule has 1 aliphatic carbocycles. The Bertz CT molecular complexity index is 282. The number of hydrogen-bond donors (Lipinski definition) is 3. The van der Waals surface area contributed by atoms with Crippen LogP contribution in [0.15, 0.2) is 0 Å². The second kappa shape index (κ2) is 5.89. The lowest BCUT2D eigenvalue weighted by Crippen LogP contribution is -2.52. The number of hydrogen-bond acceptors (Lipinski definition) is 3. The first-order chi connectivity index (χ1) is 8.59. The Kier molecular flexibility index (Phi) is 4.45. The fourth-order valence-corrected chi connectivity index (χ4v) is 2.93. The molecule has 0 bridgehead atoms. The van der Waals surface area contributed by atoms with Crippen LogP contribution in [-0.2, 0) is 0 Å². The summed E-state index contributed by atoms with van der Waals surface area (Å²) in [5.41, 5.74) is -0.719. The minimum Gasteiger partial charge on any atom is -0.465 e. The van der Waals surface area contributed by atoms with Gasteiger partial charge in [-0.2, -0.15) is 0 Å². The molecule has 1 amide bonds. The molecule has 1 heterocycles. The highest BCUT2D eigenvalue weighted by molar-refractivity contribution is 5.65. The molecule has 0 aromatic rings. The highest BCUT2D eigenvalue weighted by Crippen LogP contribution is 2.23. The van der Waals surface area contributed by atoms with Crippen LogP contribution in [0.25, 0.3) is 0 Å². The monoisotopic (exact) mass is 256 g/mol. The largest absolute Gasteiger partial charge is 0.465 e. The molecule has 3 N–H and O–H groups in total. The van der Waals surface area contributed by atoms with Crippen molar-refractivity contribution in [3.63, 3.8) is 0 Å². The molecule has 5 heteroatoms. The van der Waals surface area contributed by atoms with E-state index in [1.54, 1.807) is 0 Å². The lowest BCUT2D eigenvalue weighted by atomic mass is 9.89. The number of rotatable bonds is 3. The summed E-state index contributed by atoms with van der Waals surface area (Å²) in [4.78, 5) is 12.2. The van der Waals surface area contributed by atoms with Gasteiger partial charge in [-0.05, 0) is 25.7 Å². The molecular weight excluding hydrogens is 232 g/mol. The van der Waals surface area contributed by atoms with E-state index >= 15 is 0 Å². The Balaban J connectivity index is 1.73. The lowest BCUT2D eigenvalue weighted by molar-refractivity contribution is -0.0180. The van der Waals surface area contributed by atoms with Crippen molar-refractivity contribution >= 4 is 6.09 Å². The van der Waals surface area contributed by atoms with Gasteiger partial charge < -0.3 is 20.4 Å². The molecular formula is C13H24N2O3. The van der Waals surface area contributed by atoms with Gasteiger partial charge >= 0.3 is 6.09 Å². The average molecular weight is 256 g/mol. The van der Waals surface area contributed by atoms with Crippen molar-refractivity contribution in [2.24, 2.45) is 0 Å². The molecule has 1 saturated carbocycles. The summed E-state index contributed by atoms with van der Waals surface area (Å²) in [5, 5.41) is 22.8. The van der Waals surface area contributed by atoms with E-state index in [1.165, 1.54) is 37.0 Å². The number of nitrogens with zero attached hydrogens (tertiary/aromatic N) is 1. The van der Waals surface area contributed by atoms with Gasteiger partial charge in [0.1, 0.15) is 0 Å². The van der Waals surface area contributed by atoms with Crippen molar-refractivity contribution in [1.29, 1.82) is 0 Å². The van der Waals surface area contributed by atoms with Gasteiger partial charge in [0.05, 0.1) is 5.60 Å². The van der Waals surface area contributed by atoms with Crippen LogP contribution in [0.5, 0.6) is 0 Å². The molecule has 0 radical (unpaired) electrons. The fraction of sp³-hybridized carbons (Fsp3) is 0.923. The van der Waals surface area contributed by atoms with Gasteiger partial charge in [0.25, 0.3) is 0 Å². The first kappa shape index (κ1) is 13.6. The minimum absolute atomic E-state index is 0.443. The van der Waals surface area contributed by atoms with Crippen LogP contribution < -0.4 is 5.32 Å². The van der Waals surface area contributed by atoms with Gasteiger partial charge in [0.15, 0.2) is 0 Å². The van der Waals surface area contributed by atoms with Crippen molar-refractivity contribution < 1.29 is 15.0 Å². The van der Waals surface area contributed by atoms with Crippen molar-refractivity contribution in [2.45, 2.75) is 56.6 Å². The van der Waals surface area contributed by atoms with E-state index < -0.39 is 11.7 Å². The smallest absolute Gasteiger partial charge is 0.407 e. The Morgan fingerprint density at radius 1 is 1.22 bits per heavy atom. The van der Waals surface area contributed by atoms with E-state index in [2.05, 4.69) is 5.32 Å². The van der Waals surface area contributed by atoms with E-state index in [9.17, 15) is 9.90 Å². The SMILES string of the molecule is O=C(O)N1CCC(O)(CNC2CCCCC2)CC1. The average Bonchev–Trinajstić information content (AvgIpc) is 2.38. The maximum atomic E-state index is 10.8. The topological polar surface area (TPSA) is 72.8 Å². The van der Waals surface area contributed by atoms with Crippen LogP contribution in [0.1, 0.15) is 44.9 Å². The Labute approximate surface area is 108 Å². The summed E-state index contributed by atoms with van der Waals surface area (Å²) in [6.07, 6.45) is 6.51. The molecule has 1 aliphatic heterocycles. The zero-order chi connectivity index (χ0) is 13.0. The predicted molar refractivity (Wildman–Crippen MR) is 68.7 cm³/mol. The number of likely N-dealkylation sites (tertiary alicyclic amines) is 1. The van der Waals surface area contributed by atoms with Crippen molar-refractivity contribution in [3.8, 4) is 0 Å². The lowest BCUT2D eigenvalue weighted by Gasteiger charge is -2.38. The maximum Gasteiger partial charge on any atom is 0.407 e. The number of aliphatic hydroxyl groups is 1. The summed E-state index contributed by atoms with van der Waals surface area (Å²) in [7, 11) is 0. The first-order valence-corrected chi connectivity index (χ1v) is 7.03. The fourth-order valence-electron chi connectivity index (χ4n) is 2.93. The van der Waals surface area contributed by atoms with Crippen LogP contribution in [-0.4, -0.2) is 52.5 Å². The van der Waals surface area contributed by atoms with Gasteiger partial charge in [0, 0.05) is 25.7 Å². The highest BCUT2D eigenvalue weighted by Gasteiger charge is 2.34. The van der Waals surface area contributed by atoms with E-state index in [0.29, 0.717) is 38.5 Å². The third-order valence-electron chi connectivity index (χ3n) is 4.29. The summed E-state index contributed by atoms with van der Waals surface area (Å²) >= 11 is 0. The van der Waals surface area contributed by atoms with E-state index in [1.807, 2.05) is 0 Å². The van der Waals surface area contributed by atoms with Gasteiger partial charge in [-0.3, -0.25) is 0 Å².